The van der Waals surface area contributed by atoms with Crippen molar-refractivity contribution in [2.24, 2.45) is 5.73 Å². The van der Waals surface area contributed by atoms with E-state index in [4.69, 9.17) is 10.8 Å². The Kier molecular flexibility index (Phi) is 3.15. The van der Waals surface area contributed by atoms with Gasteiger partial charge >= 0.3 is 5.97 Å². The van der Waals surface area contributed by atoms with E-state index in [0.717, 1.165) is 6.07 Å². The molecule has 82 valence electrons. The van der Waals surface area contributed by atoms with Gasteiger partial charge in [-0.1, -0.05) is 0 Å². The first-order chi connectivity index (χ1) is 6.97. The van der Waals surface area contributed by atoms with Crippen molar-refractivity contribution in [3.05, 3.63) is 23.0 Å². The highest BCUT2D eigenvalue weighted by Gasteiger charge is 2.22. The third-order valence-electron chi connectivity index (χ3n) is 1.72. The number of alkyl halides is 2. The maximum absolute atomic E-state index is 12.4. The molecule has 0 radical (unpaired) electrons. The fourth-order valence-corrected chi connectivity index (χ4v) is 1.03. The van der Waals surface area contributed by atoms with Gasteiger partial charge in [0, 0.05) is 6.54 Å². The number of aromatic hydroxyl groups is 1. The van der Waals surface area contributed by atoms with Crippen molar-refractivity contribution in [2.45, 2.75) is 13.0 Å². The van der Waals surface area contributed by atoms with E-state index in [9.17, 15) is 18.7 Å². The molecule has 0 atom stereocenters. The van der Waals surface area contributed by atoms with Gasteiger partial charge in [0.1, 0.15) is 0 Å². The number of rotatable bonds is 3. The van der Waals surface area contributed by atoms with Crippen LogP contribution in [0.1, 0.15) is 28.2 Å². The molecule has 0 aromatic carbocycles. The Morgan fingerprint density at radius 2 is 2.20 bits per heavy atom. The summed E-state index contributed by atoms with van der Waals surface area (Å²) in [6, 6.07) is 0.881. The van der Waals surface area contributed by atoms with Crippen molar-refractivity contribution in [1.82, 2.24) is 4.98 Å². The van der Waals surface area contributed by atoms with Crippen LogP contribution in [0.5, 0.6) is 5.75 Å². The summed E-state index contributed by atoms with van der Waals surface area (Å²) in [4.78, 5) is 14.0. The summed E-state index contributed by atoms with van der Waals surface area (Å²) in [6.07, 6.45) is -2.98. The molecule has 0 saturated heterocycles. The van der Waals surface area contributed by atoms with Gasteiger partial charge in [0.05, 0.1) is 11.3 Å². The molecule has 0 saturated carbocycles. The number of nitrogens with two attached hydrogens (primary N) is 1. The SMILES string of the molecule is NCc1cc(C(F)F)c(O)c(C(=O)O)n1. The molecule has 5 nitrogen and oxygen atoms in total. The molecule has 0 unspecified atom stereocenters. The molecule has 0 aliphatic carbocycles. The number of carbonyl (C=O) groups is 1. The van der Waals surface area contributed by atoms with Crippen LogP contribution >= 0.6 is 0 Å². The average molecular weight is 218 g/mol. The van der Waals surface area contributed by atoms with Gasteiger partial charge in [0.15, 0.2) is 11.4 Å². The Balaban J connectivity index is 3.40. The Hall–Kier alpha value is -1.76. The van der Waals surface area contributed by atoms with E-state index >= 15 is 0 Å². The molecule has 0 aliphatic heterocycles. The van der Waals surface area contributed by atoms with Crippen molar-refractivity contribution in [3.8, 4) is 5.75 Å². The molecule has 1 aromatic heterocycles. The lowest BCUT2D eigenvalue weighted by Gasteiger charge is -2.07. The summed E-state index contributed by atoms with van der Waals surface area (Å²) in [5, 5.41) is 17.8. The zero-order valence-corrected chi connectivity index (χ0v) is 7.44. The Labute approximate surface area is 83.2 Å². The summed E-state index contributed by atoms with van der Waals surface area (Å²) in [5.74, 6) is -2.60. The average Bonchev–Trinajstić information content (AvgIpc) is 2.17. The first-order valence-electron chi connectivity index (χ1n) is 3.91. The van der Waals surface area contributed by atoms with Crippen LogP contribution in [0, 0.1) is 0 Å². The minimum atomic E-state index is -2.98. The number of carboxylic acids is 1. The minimum absolute atomic E-state index is 0.0134. The molecule has 0 fully saturated rings. The molecular formula is C8H8F2N2O3. The van der Waals surface area contributed by atoms with Crippen LogP contribution in [0.4, 0.5) is 8.78 Å². The van der Waals surface area contributed by atoms with E-state index in [0.29, 0.717) is 0 Å². The van der Waals surface area contributed by atoms with Crippen molar-refractivity contribution in [1.29, 1.82) is 0 Å². The van der Waals surface area contributed by atoms with E-state index in [1.54, 1.807) is 0 Å². The predicted octanol–water partition coefficient (Wildman–Crippen LogP) is 0.882. The van der Waals surface area contributed by atoms with Crippen molar-refractivity contribution in [2.75, 3.05) is 0 Å². The van der Waals surface area contributed by atoms with Crippen molar-refractivity contribution < 1.29 is 23.8 Å². The van der Waals surface area contributed by atoms with E-state index in [1.165, 1.54) is 0 Å². The third-order valence-corrected chi connectivity index (χ3v) is 1.72. The van der Waals surface area contributed by atoms with Crippen LogP contribution in [0.2, 0.25) is 0 Å². The fourth-order valence-electron chi connectivity index (χ4n) is 1.03. The fraction of sp³-hybridized carbons (Fsp3) is 0.250. The molecule has 0 bridgehead atoms. The second kappa shape index (κ2) is 4.18. The van der Waals surface area contributed by atoms with E-state index < -0.39 is 29.4 Å². The van der Waals surface area contributed by atoms with E-state index in [-0.39, 0.29) is 12.2 Å². The topological polar surface area (TPSA) is 96.4 Å². The van der Waals surface area contributed by atoms with Gasteiger partial charge in [-0.05, 0) is 6.07 Å². The summed E-state index contributed by atoms with van der Waals surface area (Å²) in [6.45, 7) is -0.180. The Morgan fingerprint density at radius 3 is 2.60 bits per heavy atom. The number of hydrogen-bond donors (Lipinski definition) is 3. The quantitative estimate of drug-likeness (QED) is 0.699. The highest BCUT2D eigenvalue weighted by atomic mass is 19.3. The largest absolute Gasteiger partial charge is 0.505 e. The number of nitrogens with zero attached hydrogens (tertiary/aromatic N) is 1. The monoisotopic (exact) mass is 218 g/mol. The number of aromatic carboxylic acids is 1. The molecule has 0 amide bonds. The van der Waals surface area contributed by atoms with Crippen molar-refractivity contribution >= 4 is 5.97 Å². The van der Waals surface area contributed by atoms with Crippen LogP contribution in [-0.2, 0) is 6.54 Å². The molecule has 1 aromatic rings. The molecule has 0 aliphatic rings. The molecule has 1 heterocycles. The number of pyridine rings is 1. The molecular weight excluding hydrogens is 210 g/mol. The maximum Gasteiger partial charge on any atom is 0.358 e. The first kappa shape index (κ1) is 11.3. The summed E-state index contributed by atoms with van der Waals surface area (Å²) < 4.78 is 24.7. The van der Waals surface area contributed by atoms with Crippen molar-refractivity contribution in [3.63, 3.8) is 0 Å². The molecule has 0 spiro atoms. The highest BCUT2D eigenvalue weighted by molar-refractivity contribution is 5.89. The molecule has 4 N–H and O–H groups in total. The second-order valence-corrected chi connectivity index (χ2v) is 2.71. The van der Waals surface area contributed by atoms with Gasteiger partial charge < -0.3 is 15.9 Å². The lowest BCUT2D eigenvalue weighted by atomic mass is 10.1. The normalized spacial score (nSPS) is 10.7. The maximum atomic E-state index is 12.4. The van der Waals surface area contributed by atoms with Crippen LogP contribution in [0.3, 0.4) is 0 Å². The molecule has 7 heteroatoms. The lowest BCUT2D eigenvalue weighted by Crippen LogP contribution is -2.09. The van der Waals surface area contributed by atoms with Gasteiger partial charge in [-0.25, -0.2) is 18.6 Å². The summed E-state index contributed by atoms with van der Waals surface area (Å²) >= 11 is 0. The van der Waals surface area contributed by atoms with E-state index in [2.05, 4.69) is 4.98 Å². The second-order valence-electron chi connectivity index (χ2n) is 2.71. The zero-order valence-electron chi connectivity index (χ0n) is 7.44. The van der Waals surface area contributed by atoms with Gasteiger partial charge in [0.25, 0.3) is 6.43 Å². The van der Waals surface area contributed by atoms with Crippen LogP contribution in [-0.4, -0.2) is 21.2 Å². The predicted molar refractivity (Wildman–Crippen MR) is 45.7 cm³/mol. The third kappa shape index (κ3) is 2.18. The van der Waals surface area contributed by atoms with E-state index in [1.807, 2.05) is 0 Å². The number of aromatic nitrogens is 1. The van der Waals surface area contributed by atoms with Gasteiger partial charge in [0.2, 0.25) is 0 Å². The first-order valence-corrected chi connectivity index (χ1v) is 3.91. The summed E-state index contributed by atoms with van der Waals surface area (Å²) in [5.41, 5.74) is 3.56. The number of carboxylic acid groups (broad SMARTS) is 1. The van der Waals surface area contributed by atoms with Crippen LogP contribution < -0.4 is 5.73 Å². The Bertz CT molecular complexity index is 396. The van der Waals surface area contributed by atoms with Gasteiger partial charge in [-0.2, -0.15) is 0 Å². The van der Waals surface area contributed by atoms with Crippen LogP contribution in [0.25, 0.3) is 0 Å². The zero-order chi connectivity index (χ0) is 11.6. The molecule has 1 rings (SSSR count). The van der Waals surface area contributed by atoms with Gasteiger partial charge in [-0.3, -0.25) is 0 Å². The Morgan fingerprint density at radius 1 is 1.60 bits per heavy atom. The lowest BCUT2D eigenvalue weighted by molar-refractivity contribution is 0.0685. The highest BCUT2D eigenvalue weighted by Crippen LogP contribution is 2.30. The smallest absolute Gasteiger partial charge is 0.358 e. The number of hydrogen-bond acceptors (Lipinski definition) is 4. The standard InChI is InChI=1S/C8H8F2N2O3/c9-7(10)4-1-3(2-11)12-5(6(4)13)8(14)15/h1,7,13H,2,11H2,(H,14,15). The van der Waals surface area contributed by atoms with Crippen LogP contribution in [0.15, 0.2) is 6.07 Å². The van der Waals surface area contributed by atoms with Gasteiger partial charge in [-0.15, -0.1) is 0 Å². The summed E-state index contributed by atoms with van der Waals surface area (Å²) in [7, 11) is 0. The number of halogens is 2. The molecule has 15 heavy (non-hydrogen) atoms. The minimum Gasteiger partial charge on any atom is -0.505 e.